The minimum absolute atomic E-state index is 0.309. The summed E-state index contributed by atoms with van der Waals surface area (Å²) < 4.78 is 10.3. The maximum absolute atomic E-state index is 11.4. The van der Waals surface area contributed by atoms with Gasteiger partial charge in [-0.3, -0.25) is 0 Å². The summed E-state index contributed by atoms with van der Waals surface area (Å²) in [5.41, 5.74) is 0.535. The minimum atomic E-state index is -0.309. The third-order valence-corrected chi connectivity index (χ3v) is 2.04. The van der Waals surface area contributed by atoms with E-state index in [2.05, 4.69) is 11.8 Å². The molecule has 0 aliphatic rings. The second-order valence-electron chi connectivity index (χ2n) is 3.27. The maximum atomic E-state index is 11.4. The van der Waals surface area contributed by atoms with Crippen molar-refractivity contribution in [2.45, 2.75) is 20.3 Å². The van der Waals surface area contributed by atoms with Gasteiger partial charge in [0.25, 0.3) is 0 Å². The normalized spacial score (nSPS) is 9.06. The molecule has 0 N–H and O–H groups in total. The average Bonchev–Trinajstić information content (AvgIpc) is 2.36. The van der Waals surface area contributed by atoms with Crippen molar-refractivity contribution in [1.29, 1.82) is 0 Å². The molecule has 0 heterocycles. The zero-order valence-electron chi connectivity index (χ0n) is 10.2. The predicted molar refractivity (Wildman–Crippen MR) is 66.0 cm³/mol. The van der Waals surface area contributed by atoms with Crippen molar-refractivity contribution in [2.75, 3.05) is 13.2 Å². The number of hydrogen-bond acceptors (Lipinski definition) is 3. The molecule has 1 rings (SSSR count). The summed E-state index contributed by atoms with van der Waals surface area (Å²) in [5, 5.41) is 0. The van der Waals surface area contributed by atoms with Crippen LogP contribution in [0, 0.1) is 11.8 Å². The SMILES string of the molecule is CC#CCCOc1ccc(C(=O)OCC)cc1. The Morgan fingerprint density at radius 3 is 2.59 bits per heavy atom. The molecule has 0 spiro atoms. The summed E-state index contributed by atoms with van der Waals surface area (Å²) in [5.74, 6) is 6.14. The van der Waals surface area contributed by atoms with Crippen LogP contribution in [0.2, 0.25) is 0 Å². The number of benzene rings is 1. The highest BCUT2D eigenvalue weighted by atomic mass is 16.5. The van der Waals surface area contributed by atoms with E-state index in [1.807, 2.05) is 0 Å². The van der Waals surface area contributed by atoms with Crippen LogP contribution in [0.4, 0.5) is 0 Å². The standard InChI is InChI=1S/C14H16O3/c1-3-5-6-11-17-13-9-7-12(8-10-13)14(15)16-4-2/h7-10H,4,6,11H2,1-2H3. The van der Waals surface area contributed by atoms with Gasteiger partial charge < -0.3 is 9.47 Å². The van der Waals surface area contributed by atoms with E-state index >= 15 is 0 Å². The van der Waals surface area contributed by atoms with Gasteiger partial charge >= 0.3 is 5.97 Å². The summed E-state index contributed by atoms with van der Waals surface area (Å²) in [7, 11) is 0. The lowest BCUT2D eigenvalue weighted by atomic mass is 10.2. The van der Waals surface area contributed by atoms with Crippen molar-refractivity contribution in [3.8, 4) is 17.6 Å². The molecule has 1 aromatic carbocycles. The summed E-state index contributed by atoms with van der Waals surface area (Å²) in [4.78, 5) is 11.4. The van der Waals surface area contributed by atoms with Crippen LogP contribution in [-0.2, 0) is 4.74 Å². The minimum Gasteiger partial charge on any atom is -0.493 e. The highest BCUT2D eigenvalue weighted by molar-refractivity contribution is 5.89. The Bertz CT molecular complexity index is 409. The van der Waals surface area contributed by atoms with E-state index in [4.69, 9.17) is 9.47 Å². The van der Waals surface area contributed by atoms with Gasteiger partial charge in [-0.1, -0.05) is 0 Å². The zero-order chi connectivity index (χ0) is 12.5. The van der Waals surface area contributed by atoms with Gasteiger partial charge in [0.1, 0.15) is 5.75 Å². The second-order valence-corrected chi connectivity index (χ2v) is 3.27. The molecule has 0 amide bonds. The zero-order valence-corrected chi connectivity index (χ0v) is 10.2. The van der Waals surface area contributed by atoms with Crippen LogP contribution >= 0.6 is 0 Å². The molecule has 0 bridgehead atoms. The summed E-state index contributed by atoms with van der Waals surface area (Å²) in [6, 6.07) is 6.90. The number of ether oxygens (including phenoxy) is 2. The molecule has 0 unspecified atom stereocenters. The molecule has 0 aliphatic carbocycles. The van der Waals surface area contributed by atoms with Crippen molar-refractivity contribution < 1.29 is 14.3 Å². The molecule has 3 nitrogen and oxygen atoms in total. The molecule has 17 heavy (non-hydrogen) atoms. The van der Waals surface area contributed by atoms with E-state index in [9.17, 15) is 4.79 Å². The van der Waals surface area contributed by atoms with Crippen LogP contribution in [0.15, 0.2) is 24.3 Å². The predicted octanol–water partition coefficient (Wildman–Crippen LogP) is 2.66. The molecule has 3 heteroatoms. The first-order chi connectivity index (χ1) is 8.27. The third kappa shape index (κ3) is 4.60. The third-order valence-electron chi connectivity index (χ3n) is 2.04. The fraction of sp³-hybridized carbons (Fsp3) is 0.357. The van der Waals surface area contributed by atoms with E-state index < -0.39 is 0 Å². The van der Waals surface area contributed by atoms with Crippen LogP contribution in [0.25, 0.3) is 0 Å². The largest absolute Gasteiger partial charge is 0.493 e. The smallest absolute Gasteiger partial charge is 0.338 e. The molecule has 90 valence electrons. The van der Waals surface area contributed by atoms with Gasteiger partial charge in [-0.15, -0.1) is 11.8 Å². The number of hydrogen-bond donors (Lipinski definition) is 0. The van der Waals surface area contributed by atoms with E-state index in [0.29, 0.717) is 25.2 Å². The van der Waals surface area contributed by atoms with Gasteiger partial charge in [-0.05, 0) is 38.1 Å². The van der Waals surface area contributed by atoms with E-state index in [1.54, 1.807) is 38.1 Å². The van der Waals surface area contributed by atoms with Gasteiger partial charge in [0.05, 0.1) is 18.8 Å². The highest BCUT2D eigenvalue weighted by Crippen LogP contribution is 2.13. The van der Waals surface area contributed by atoms with Crippen LogP contribution in [0.1, 0.15) is 30.6 Å². The topological polar surface area (TPSA) is 35.5 Å². The van der Waals surface area contributed by atoms with Crippen LogP contribution < -0.4 is 4.74 Å². The molecule has 0 saturated carbocycles. The van der Waals surface area contributed by atoms with Crippen molar-refractivity contribution >= 4 is 5.97 Å². The van der Waals surface area contributed by atoms with Gasteiger partial charge in [-0.2, -0.15) is 0 Å². The van der Waals surface area contributed by atoms with Gasteiger partial charge in [0.2, 0.25) is 0 Å². The van der Waals surface area contributed by atoms with Gasteiger partial charge in [-0.25, -0.2) is 4.79 Å². The molecule has 0 aromatic heterocycles. The molecular weight excluding hydrogens is 216 g/mol. The van der Waals surface area contributed by atoms with E-state index in [-0.39, 0.29) is 5.97 Å². The maximum Gasteiger partial charge on any atom is 0.338 e. The fourth-order valence-electron chi connectivity index (χ4n) is 1.25. The Morgan fingerprint density at radius 2 is 2.00 bits per heavy atom. The van der Waals surface area contributed by atoms with Crippen LogP contribution in [-0.4, -0.2) is 19.2 Å². The number of esters is 1. The summed E-state index contributed by atoms with van der Waals surface area (Å²) in [6.45, 7) is 4.52. The van der Waals surface area contributed by atoms with Crippen LogP contribution in [0.3, 0.4) is 0 Å². The van der Waals surface area contributed by atoms with Crippen molar-refractivity contribution in [2.24, 2.45) is 0 Å². The number of rotatable bonds is 5. The first-order valence-electron chi connectivity index (χ1n) is 5.57. The molecule has 1 aromatic rings. The summed E-state index contributed by atoms with van der Waals surface area (Å²) >= 11 is 0. The molecular formula is C14H16O3. The molecule has 0 fully saturated rings. The van der Waals surface area contributed by atoms with E-state index in [0.717, 1.165) is 5.75 Å². The summed E-state index contributed by atoms with van der Waals surface area (Å²) in [6.07, 6.45) is 0.704. The first kappa shape index (κ1) is 13.1. The Balaban J connectivity index is 2.49. The lowest BCUT2D eigenvalue weighted by molar-refractivity contribution is 0.0526. The fourth-order valence-corrected chi connectivity index (χ4v) is 1.25. The van der Waals surface area contributed by atoms with Crippen molar-refractivity contribution in [1.82, 2.24) is 0 Å². The molecule has 0 aliphatic heterocycles. The lowest BCUT2D eigenvalue weighted by Crippen LogP contribution is -2.04. The second kappa shape index (κ2) is 7.34. The number of carbonyl (C=O) groups excluding carboxylic acids is 1. The quantitative estimate of drug-likeness (QED) is 0.445. The van der Waals surface area contributed by atoms with Crippen molar-refractivity contribution in [3.05, 3.63) is 29.8 Å². The van der Waals surface area contributed by atoms with Gasteiger partial charge in [0, 0.05) is 6.42 Å². The van der Waals surface area contributed by atoms with Crippen LogP contribution in [0.5, 0.6) is 5.75 Å². The Hall–Kier alpha value is -1.95. The van der Waals surface area contributed by atoms with Gasteiger partial charge in [0.15, 0.2) is 0 Å². The number of carbonyl (C=O) groups is 1. The first-order valence-corrected chi connectivity index (χ1v) is 5.57. The Labute approximate surface area is 102 Å². The molecule has 0 atom stereocenters. The Morgan fingerprint density at radius 1 is 1.29 bits per heavy atom. The van der Waals surface area contributed by atoms with Crippen molar-refractivity contribution in [3.63, 3.8) is 0 Å². The molecule has 0 radical (unpaired) electrons. The average molecular weight is 232 g/mol. The van der Waals surface area contributed by atoms with E-state index in [1.165, 1.54) is 0 Å². The lowest BCUT2D eigenvalue weighted by Gasteiger charge is -2.05. The monoisotopic (exact) mass is 232 g/mol. The highest BCUT2D eigenvalue weighted by Gasteiger charge is 2.05. The Kier molecular flexibility index (Phi) is 5.67. The molecule has 0 saturated heterocycles.